The van der Waals surface area contributed by atoms with Gasteiger partial charge in [-0.05, 0) is 24.6 Å². The average Bonchev–Trinajstić information content (AvgIpc) is 3.11. The minimum Gasteiger partial charge on any atom is -0.483 e. The summed E-state index contributed by atoms with van der Waals surface area (Å²) >= 11 is 1.71. The van der Waals surface area contributed by atoms with Gasteiger partial charge in [0, 0.05) is 18.0 Å². The first-order valence-electron chi connectivity index (χ1n) is 6.32. The van der Waals surface area contributed by atoms with Crippen molar-refractivity contribution in [3.8, 4) is 11.1 Å². The lowest BCUT2D eigenvalue weighted by atomic mass is 10.1. The number of rotatable bonds is 1. The van der Waals surface area contributed by atoms with Gasteiger partial charge < -0.3 is 5.11 Å². The molecular formula is C14H11N5O2S. The molecule has 0 aliphatic heterocycles. The van der Waals surface area contributed by atoms with Crippen molar-refractivity contribution in [1.82, 2.24) is 24.6 Å². The molecule has 110 valence electrons. The number of aryl methyl sites for hydroxylation is 1. The number of thiazole rings is 1. The highest BCUT2D eigenvalue weighted by Gasteiger charge is 2.05. The van der Waals surface area contributed by atoms with Crippen LogP contribution in [0.15, 0.2) is 36.9 Å². The second kappa shape index (κ2) is 5.86. The van der Waals surface area contributed by atoms with Crippen LogP contribution in [0.4, 0.5) is 0 Å². The van der Waals surface area contributed by atoms with Crippen molar-refractivity contribution in [3.05, 3.63) is 41.9 Å². The Kier molecular flexibility index (Phi) is 3.75. The third-order valence-electron chi connectivity index (χ3n) is 2.96. The van der Waals surface area contributed by atoms with E-state index >= 15 is 0 Å². The van der Waals surface area contributed by atoms with Crippen molar-refractivity contribution in [2.75, 3.05) is 0 Å². The van der Waals surface area contributed by atoms with Gasteiger partial charge in [0.05, 0.1) is 15.2 Å². The summed E-state index contributed by atoms with van der Waals surface area (Å²) in [5, 5.41) is 12.1. The van der Waals surface area contributed by atoms with Crippen LogP contribution >= 0.6 is 11.3 Å². The summed E-state index contributed by atoms with van der Waals surface area (Å²) < 4.78 is 2.88. The molecule has 0 fully saturated rings. The molecule has 3 heterocycles. The van der Waals surface area contributed by atoms with Gasteiger partial charge >= 0.3 is 0 Å². The third kappa shape index (κ3) is 2.63. The molecule has 1 aromatic carbocycles. The highest BCUT2D eigenvalue weighted by molar-refractivity contribution is 7.18. The standard InChI is InChI=1S/C13H9N5S.CH2O2/c1-8-17-11-4-9(2-3-12(11)19-8)10-5-14-13-15-7-16-18(13)6-10;2-1-3/h2-7H,1H3;1H,(H,2,3). The summed E-state index contributed by atoms with van der Waals surface area (Å²) in [4.78, 5) is 21.2. The number of benzene rings is 1. The minimum atomic E-state index is -0.250. The number of carboxylic acid groups (broad SMARTS) is 1. The lowest BCUT2D eigenvalue weighted by Gasteiger charge is -2.01. The quantitative estimate of drug-likeness (QED) is 0.542. The predicted molar refractivity (Wildman–Crippen MR) is 82.8 cm³/mol. The second-order valence-electron chi connectivity index (χ2n) is 4.37. The van der Waals surface area contributed by atoms with E-state index in [0.29, 0.717) is 5.78 Å². The molecule has 0 spiro atoms. The fourth-order valence-electron chi connectivity index (χ4n) is 2.09. The van der Waals surface area contributed by atoms with Crippen molar-refractivity contribution in [3.63, 3.8) is 0 Å². The molecule has 1 N–H and O–H groups in total. The first-order chi connectivity index (χ1) is 10.7. The Labute approximate surface area is 128 Å². The zero-order valence-corrected chi connectivity index (χ0v) is 12.4. The molecule has 0 saturated heterocycles. The van der Waals surface area contributed by atoms with Crippen LogP contribution in [0.5, 0.6) is 0 Å². The van der Waals surface area contributed by atoms with Crippen LogP contribution in [-0.4, -0.2) is 36.1 Å². The molecule has 7 nitrogen and oxygen atoms in total. The maximum Gasteiger partial charge on any atom is 0.290 e. The number of hydrogen-bond acceptors (Lipinski definition) is 6. The monoisotopic (exact) mass is 313 g/mol. The van der Waals surface area contributed by atoms with Gasteiger partial charge in [-0.1, -0.05) is 6.07 Å². The van der Waals surface area contributed by atoms with Crippen molar-refractivity contribution in [1.29, 1.82) is 0 Å². The first-order valence-corrected chi connectivity index (χ1v) is 7.13. The van der Waals surface area contributed by atoms with Gasteiger partial charge in [-0.2, -0.15) is 10.1 Å². The Balaban J connectivity index is 0.000000446. The van der Waals surface area contributed by atoms with Crippen LogP contribution in [0, 0.1) is 6.92 Å². The molecule has 0 atom stereocenters. The number of fused-ring (bicyclic) bond motifs is 2. The maximum absolute atomic E-state index is 8.36. The molecule has 22 heavy (non-hydrogen) atoms. The lowest BCUT2D eigenvalue weighted by Crippen LogP contribution is -1.91. The van der Waals surface area contributed by atoms with E-state index in [0.717, 1.165) is 21.7 Å². The number of nitrogens with zero attached hydrogens (tertiary/aromatic N) is 5. The molecule has 4 aromatic rings. The topological polar surface area (TPSA) is 93.3 Å². The van der Waals surface area contributed by atoms with Crippen molar-refractivity contribution in [2.45, 2.75) is 6.92 Å². The van der Waals surface area contributed by atoms with Crippen molar-refractivity contribution < 1.29 is 9.90 Å². The molecule has 0 radical (unpaired) electrons. The van der Waals surface area contributed by atoms with Crippen LogP contribution < -0.4 is 0 Å². The second-order valence-corrected chi connectivity index (χ2v) is 5.60. The molecule has 0 unspecified atom stereocenters. The normalized spacial score (nSPS) is 10.4. The SMILES string of the molecule is Cc1nc2cc(-c3cnc4ncnn4c3)ccc2s1.O=CO. The zero-order chi connectivity index (χ0) is 15.5. The predicted octanol–water partition coefficient (Wildman–Crippen LogP) is 2.41. The maximum atomic E-state index is 8.36. The summed E-state index contributed by atoms with van der Waals surface area (Å²) in [6, 6.07) is 6.26. The lowest BCUT2D eigenvalue weighted by molar-refractivity contribution is -0.122. The Bertz CT molecular complexity index is 947. The van der Waals surface area contributed by atoms with Gasteiger partial charge in [-0.25, -0.2) is 14.5 Å². The molecule has 0 saturated carbocycles. The van der Waals surface area contributed by atoms with E-state index in [4.69, 9.17) is 9.90 Å². The molecule has 8 heteroatoms. The van der Waals surface area contributed by atoms with Crippen LogP contribution in [0.1, 0.15) is 5.01 Å². The Morgan fingerprint density at radius 3 is 2.91 bits per heavy atom. The van der Waals surface area contributed by atoms with E-state index in [-0.39, 0.29) is 6.47 Å². The largest absolute Gasteiger partial charge is 0.483 e. The zero-order valence-electron chi connectivity index (χ0n) is 11.5. The van der Waals surface area contributed by atoms with Gasteiger partial charge in [-0.15, -0.1) is 11.3 Å². The minimum absolute atomic E-state index is 0.250. The number of carbonyl (C=O) groups is 1. The van der Waals surface area contributed by atoms with Crippen molar-refractivity contribution in [2.24, 2.45) is 0 Å². The van der Waals surface area contributed by atoms with Gasteiger partial charge in [0.15, 0.2) is 0 Å². The summed E-state index contributed by atoms with van der Waals surface area (Å²) in [6.45, 7) is 1.77. The molecule has 0 bridgehead atoms. The molecule has 0 amide bonds. The molecule has 4 rings (SSSR count). The summed E-state index contributed by atoms with van der Waals surface area (Å²) in [5.41, 5.74) is 3.12. The van der Waals surface area contributed by atoms with Gasteiger partial charge in [0.25, 0.3) is 12.2 Å². The van der Waals surface area contributed by atoms with E-state index < -0.39 is 0 Å². The summed E-state index contributed by atoms with van der Waals surface area (Å²) in [6.07, 6.45) is 5.24. The van der Waals surface area contributed by atoms with E-state index in [1.807, 2.05) is 19.3 Å². The van der Waals surface area contributed by atoms with Gasteiger partial charge in [0.2, 0.25) is 0 Å². The fraction of sp³-hybridized carbons (Fsp3) is 0.0714. The molecule has 0 aliphatic carbocycles. The molecular weight excluding hydrogens is 302 g/mol. The summed E-state index contributed by atoms with van der Waals surface area (Å²) in [5.74, 6) is 0.606. The van der Waals surface area contributed by atoms with Gasteiger partial charge in [0.1, 0.15) is 6.33 Å². The van der Waals surface area contributed by atoms with E-state index in [2.05, 4.69) is 38.2 Å². The van der Waals surface area contributed by atoms with E-state index in [9.17, 15) is 0 Å². The van der Waals surface area contributed by atoms with Crippen molar-refractivity contribution >= 4 is 33.8 Å². The first kappa shape index (κ1) is 14.1. The van der Waals surface area contributed by atoms with Crippen LogP contribution in [-0.2, 0) is 4.79 Å². The Hall–Kier alpha value is -2.87. The van der Waals surface area contributed by atoms with Crippen LogP contribution in [0.3, 0.4) is 0 Å². The van der Waals surface area contributed by atoms with E-state index in [1.165, 1.54) is 11.0 Å². The van der Waals surface area contributed by atoms with Gasteiger partial charge in [-0.3, -0.25) is 4.79 Å². The fourth-order valence-corrected chi connectivity index (χ4v) is 2.90. The number of hydrogen-bond donors (Lipinski definition) is 1. The Morgan fingerprint density at radius 2 is 2.09 bits per heavy atom. The smallest absolute Gasteiger partial charge is 0.290 e. The van der Waals surface area contributed by atoms with Crippen LogP contribution in [0.2, 0.25) is 0 Å². The highest BCUT2D eigenvalue weighted by atomic mass is 32.1. The molecule has 3 aromatic heterocycles. The Morgan fingerprint density at radius 1 is 1.27 bits per heavy atom. The highest BCUT2D eigenvalue weighted by Crippen LogP contribution is 2.27. The third-order valence-corrected chi connectivity index (χ3v) is 3.91. The van der Waals surface area contributed by atoms with E-state index in [1.54, 1.807) is 15.9 Å². The average molecular weight is 313 g/mol. The van der Waals surface area contributed by atoms with Crippen LogP contribution in [0.25, 0.3) is 27.1 Å². The summed E-state index contributed by atoms with van der Waals surface area (Å²) in [7, 11) is 0. The molecule has 0 aliphatic rings. The number of aromatic nitrogens is 5.